The lowest BCUT2D eigenvalue weighted by Gasteiger charge is -2.18. The monoisotopic (exact) mass is 352 g/mol. The van der Waals surface area contributed by atoms with Crippen LogP contribution in [0, 0.1) is 0 Å². The van der Waals surface area contributed by atoms with E-state index in [4.69, 9.17) is 18.6 Å². The van der Waals surface area contributed by atoms with Crippen molar-refractivity contribution in [3.05, 3.63) is 60.0 Å². The van der Waals surface area contributed by atoms with Gasteiger partial charge in [-0.15, -0.1) is 10.2 Å². The molecule has 0 spiro atoms. The molecule has 1 aromatic heterocycles. The fraction of sp³-hybridized carbons (Fsp3) is 0.211. The summed E-state index contributed by atoms with van der Waals surface area (Å²) in [6.07, 6.45) is 0.121. The van der Waals surface area contributed by atoms with Gasteiger partial charge in [0.2, 0.25) is 5.89 Å². The highest BCUT2D eigenvalue weighted by atomic mass is 16.6. The number of carbonyl (C=O) groups is 1. The molecule has 1 aliphatic heterocycles. The van der Waals surface area contributed by atoms with E-state index in [-0.39, 0.29) is 24.9 Å². The minimum atomic E-state index is -0.388. The summed E-state index contributed by atoms with van der Waals surface area (Å²) in [5.41, 5.74) is 1.60. The summed E-state index contributed by atoms with van der Waals surface area (Å²) in [7, 11) is 0. The standard InChI is InChI=1S/C19H16N2O5/c22-18(11-13-6-7-15-16(10-13)24-9-8-23-15)25-12-17-20-21-19(26-17)14-4-2-1-3-5-14/h1-7,10H,8-9,11-12H2. The molecule has 2 aromatic carbocycles. The van der Waals surface area contributed by atoms with Crippen LogP contribution in [-0.2, 0) is 22.6 Å². The Kier molecular flexibility index (Phi) is 4.51. The molecule has 26 heavy (non-hydrogen) atoms. The van der Waals surface area contributed by atoms with Crippen molar-refractivity contribution in [2.45, 2.75) is 13.0 Å². The molecule has 3 aromatic rings. The van der Waals surface area contributed by atoms with Gasteiger partial charge in [0.25, 0.3) is 5.89 Å². The highest BCUT2D eigenvalue weighted by Gasteiger charge is 2.15. The Labute approximate surface area is 149 Å². The number of rotatable bonds is 5. The summed E-state index contributed by atoms with van der Waals surface area (Å²) in [6, 6.07) is 14.8. The molecule has 0 amide bonds. The third kappa shape index (κ3) is 3.66. The second-order valence-corrected chi connectivity index (χ2v) is 5.68. The molecular formula is C19H16N2O5. The lowest BCUT2D eigenvalue weighted by atomic mass is 10.1. The van der Waals surface area contributed by atoms with Crippen molar-refractivity contribution in [3.63, 3.8) is 0 Å². The Balaban J connectivity index is 1.34. The topological polar surface area (TPSA) is 83.7 Å². The molecule has 1 aliphatic rings. The van der Waals surface area contributed by atoms with E-state index in [0.29, 0.717) is 30.6 Å². The molecule has 7 heteroatoms. The largest absolute Gasteiger partial charge is 0.486 e. The van der Waals surface area contributed by atoms with Crippen molar-refractivity contribution < 1.29 is 23.4 Å². The maximum Gasteiger partial charge on any atom is 0.310 e. The van der Waals surface area contributed by atoms with Gasteiger partial charge in [0.05, 0.1) is 6.42 Å². The Morgan fingerprint density at radius 2 is 1.81 bits per heavy atom. The van der Waals surface area contributed by atoms with Gasteiger partial charge >= 0.3 is 5.97 Å². The first-order valence-corrected chi connectivity index (χ1v) is 8.20. The van der Waals surface area contributed by atoms with Gasteiger partial charge in [-0.2, -0.15) is 0 Å². The molecule has 4 rings (SSSR count). The Morgan fingerprint density at radius 3 is 2.65 bits per heavy atom. The van der Waals surface area contributed by atoms with E-state index >= 15 is 0 Å². The molecule has 2 heterocycles. The van der Waals surface area contributed by atoms with Crippen molar-refractivity contribution in [2.75, 3.05) is 13.2 Å². The molecule has 132 valence electrons. The molecule has 0 fully saturated rings. The Hall–Kier alpha value is -3.35. The predicted molar refractivity (Wildman–Crippen MR) is 90.7 cm³/mol. The van der Waals surface area contributed by atoms with Crippen LogP contribution in [0.5, 0.6) is 11.5 Å². The molecule has 0 saturated carbocycles. The Bertz CT molecular complexity index is 907. The minimum absolute atomic E-state index is 0.0663. The summed E-state index contributed by atoms with van der Waals surface area (Å²) in [6.45, 7) is 0.967. The van der Waals surface area contributed by atoms with E-state index in [0.717, 1.165) is 11.1 Å². The van der Waals surface area contributed by atoms with Crippen LogP contribution in [0.3, 0.4) is 0 Å². The van der Waals surface area contributed by atoms with Gasteiger partial charge in [-0.25, -0.2) is 0 Å². The average Bonchev–Trinajstić information content (AvgIpc) is 3.16. The van der Waals surface area contributed by atoms with Crippen LogP contribution in [0.4, 0.5) is 0 Å². The molecule has 0 atom stereocenters. The normalized spacial score (nSPS) is 12.6. The van der Waals surface area contributed by atoms with Crippen molar-refractivity contribution in [3.8, 4) is 23.0 Å². The second-order valence-electron chi connectivity index (χ2n) is 5.68. The lowest BCUT2D eigenvalue weighted by Crippen LogP contribution is -2.16. The second kappa shape index (κ2) is 7.26. The zero-order valence-electron chi connectivity index (χ0n) is 13.9. The van der Waals surface area contributed by atoms with Gasteiger partial charge in [0.15, 0.2) is 18.1 Å². The molecule has 0 aliphatic carbocycles. The first-order chi connectivity index (χ1) is 12.8. The summed E-state index contributed by atoms with van der Waals surface area (Å²) in [5, 5.41) is 7.86. The quantitative estimate of drug-likeness (QED) is 0.653. The van der Waals surface area contributed by atoms with Crippen LogP contribution in [0.15, 0.2) is 52.9 Å². The van der Waals surface area contributed by atoms with Gasteiger partial charge < -0.3 is 18.6 Å². The van der Waals surface area contributed by atoms with Gasteiger partial charge in [-0.1, -0.05) is 24.3 Å². The highest BCUT2D eigenvalue weighted by molar-refractivity contribution is 5.73. The third-order valence-electron chi connectivity index (χ3n) is 3.80. The van der Waals surface area contributed by atoms with Crippen LogP contribution >= 0.6 is 0 Å². The van der Waals surface area contributed by atoms with E-state index in [1.165, 1.54) is 0 Å². The van der Waals surface area contributed by atoms with E-state index in [1.807, 2.05) is 36.4 Å². The van der Waals surface area contributed by atoms with E-state index < -0.39 is 0 Å². The van der Waals surface area contributed by atoms with Gasteiger partial charge in [0, 0.05) is 5.56 Å². The highest BCUT2D eigenvalue weighted by Crippen LogP contribution is 2.30. The summed E-state index contributed by atoms with van der Waals surface area (Å²) < 4.78 is 21.7. The molecular weight excluding hydrogens is 336 g/mol. The first kappa shape index (κ1) is 16.1. The van der Waals surface area contributed by atoms with Gasteiger partial charge in [-0.05, 0) is 29.8 Å². The van der Waals surface area contributed by atoms with Crippen LogP contribution in [0.1, 0.15) is 11.5 Å². The summed E-state index contributed by atoms with van der Waals surface area (Å²) >= 11 is 0. The fourth-order valence-corrected chi connectivity index (χ4v) is 2.57. The maximum atomic E-state index is 12.0. The predicted octanol–water partition coefficient (Wildman–Crippen LogP) is 2.79. The number of benzene rings is 2. The number of hydrogen-bond donors (Lipinski definition) is 0. The van der Waals surface area contributed by atoms with E-state index in [1.54, 1.807) is 12.1 Å². The SMILES string of the molecule is O=C(Cc1ccc2c(c1)OCCO2)OCc1nnc(-c2ccccc2)o1. The molecule has 0 saturated heterocycles. The summed E-state index contributed by atoms with van der Waals surface area (Å²) in [4.78, 5) is 12.0. The van der Waals surface area contributed by atoms with Crippen LogP contribution in [-0.4, -0.2) is 29.4 Å². The van der Waals surface area contributed by atoms with Crippen molar-refractivity contribution in [1.29, 1.82) is 0 Å². The fourth-order valence-electron chi connectivity index (χ4n) is 2.57. The number of carbonyl (C=O) groups excluding carboxylic acids is 1. The number of nitrogens with zero attached hydrogens (tertiary/aromatic N) is 2. The van der Waals surface area contributed by atoms with E-state index in [2.05, 4.69) is 10.2 Å². The molecule has 0 unspecified atom stereocenters. The lowest BCUT2D eigenvalue weighted by molar-refractivity contribution is -0.144. The number of hydrogen-bond acceptors (Lipinski definition) is 7. The number of ether oxygens (including phenoxy) is 3. The molecule has 0 bridgehead atoms. The average molecular weight is 352 g/mol. The smallest absolute Gasteiger partial charge is 0.310 e. The van der Waals surface area contributed by atoms with Crippen LogP contribution in [0.2, 0.25) is 0 Å². The number of fused-ring (bicyclic) bond motifs is 1. The van der Waals surface area contributed by atoms with Crippen molar-refractivity contribution in [2.24, 2.45) is 0 Å². The maximum absolute atomic E-state index is 12.0. The van der Waals surface area contributed by atoms with Crippen LogP contribution in [0.25, 0.3) is 11.5 Å². The minimum Gasteiger partial charge on any atom is -0.486 e. The van der Waals surface area contributed by atoms with Crippen molar-refractivity contribution >= 4 is 5.97 Å². The molecule has 0 N–H and O–H groups in total. The Morgan fingerprint density at radius 1 is 1.00 bits per heavy atom. The van der Waals surface area contributed by atoms with Gasteiger partial charge in [-0.3, -0.25) is 4.79 Å². The van der Waals surface area contributed by atoms with Crippen LogP contribution < -0.4 is 9.47 Å². The summed E-state index contributed by atoms with van der Waals surface area (Å²) in [5.74, 6) is 1.59. The van der Waals surface area contributed by atoms with Gasteiger partial charge in [0.1, 0.15) is 13.2 Å². The zero-order chi connectivity index (χ0) is 17.8. The molecule has 7 nitrogen and oxygen atoms in total. The number of aromatic nitrogens is 2. The van der Waals surface area contributed by atoms with E-state index in [9.17, 15) is 4.79 Å². The first-order valence-electron chi connectivity index (χ1n) is 8.20. The third-order valence-corrected chi connectivity index (χ3v) is 3.80. The number of esters is 1. The van der Waals surface area contributed by atoms with Crippen molar-refractivity contribution in [1.82, 2.24) is 10.2 Å². The molecule has 0 radical (unpaired) electrons. The zero-order valence-corrected chi connectivity index (χ0v) is 13.9.